The van der Waals surface area contributed by atoms with Crippen LogP contribution in [0.3, 0.4) is 0 Å². The van der Waals surface area contributed by atoms with Crippen LogP contribution < -0.4 is 0 Å². The lowest BCUT2D eigenvalue weighted by atomic mass is 10.0. The van der Waals surface area contributed by atoms with Crippen molar-refractivity contribution in [1.82, 2.24) is 4.98 Å². The zero-order chi connectivity index (χ0) is 10.3. The summed E-state index contributed by atoms with van der Waals surface area (Å²) in [6.07, 6.45) is 0. The molecule has 1 nitrogen and oxygen atoms in total. The first-order valence-corrected chi connectivity index (χ1v) is 5.46. The van der Waals surface area contributed by atoms with Gasteiger partial charge in [-0.2, -0.15) is 0 Å². The Hall–Kier alpha value is -0.960. The molecule has 0 bridgehead atoms. The minimum absolute atomic E-state index is 0.199. The van der Waals surface area contributed by atoms with Gasteiger partial charge in [0.25, 0.3) is 0 Å². The average Bonchev–Trinajstić information content (AvgIpc) is 2.45. The maximum absolute atomic E-state index is 13.6. The Morgan fingerprint density at radius 3 is 2.71 bits per heavy atom. The van der Waals surface area contributed by atoms with Crippen molar-refractivity contribution in [2.45, 2.75) is 26.7 Å². The fourth-order valence-corrected chi connectivity index (χ4v) is 2.34. The summed E-state index contributed by atoms with van der Waals surface area (Å²) in [6, 6.07) is 3.62. The second-order valence-corrected chi connectivity index (χ2v) is 4.97. The van der Waals surface area contributed by atoms with Gasteiger partial charge in [-0.25, -0.2) is 9.37 Å². The molecule has 1 aromatic heterocycles. The first kappa shape index (κ1) is 9.59. The monoisotopic (exact) mass is 209 g/mol. The molecule has 3 heteroatoms. The van der Waals surface area contributed by atoms with Crippen molar-refractivity contribution in [2.75, 3.05) is 0 Å². The van der Waals surface area contributed by atoms with E-state index in [1.165, 1.54) is 0 Å². The van der Waals surface area contributed by atoms with E-state index in [0.717, 1.165) is 15.3 Å². The number of thiazole rings is 1. The summed E-state index contributed by atoms with van der Waals surface area (Å²) in [4.78, 5) is 4.16. The third-order valence-electron chi connectivity index (χ3n) is 2.24. The number of hydrogen-bond acceptors (Lipinski definition) is 2. The predicted molar refractivity (Wildman–Crippen MR) is 58.4 cm³/mol. The van der Waals surface area contributed by atoms with E-state index < -0.39 is 0 Å². The van der Waals surface area contributed by atoms with Crippen molar-refractivity contribution < 1.29 is 4.39 Å². The second-order valence-electron chi connectivity index (χ2n) is 3.74. The lowest BCUT2D eigenvalue weighted by molar-refractivity contribution is 0.633. The number of nitrogens with zero attached hydrogens (tertiary/aromatic N) is 1. The van der Waals surface area contributed by atoms with E-state index in [1.54, 1.807) is 17.4 Å². The van der Waals surface area contributed by atoms with E-state index in [4.69, 9.17) is 0 Å². The third kappa shape index (κ3) is 1.52. The van der Waals surface area contributed by atoms with Crippen LogP contribution in [0.2, 0.25) is 0 Å². The summed E-state index contributed by atoms with van der Waals surface area (Å²) in [6.45, 7) is 6.03. The first-order chi connectivity index (χ1) is 6.58. The van der Waals surface area contributed by atoms with Crippen LogP contribution in [0.25, 0.3) is 10.2 Å². The fraction of sp³-hybridized carbons (Fsp3) is 0.364. The first-order valence-electron chi connectivity index (χ1n) is 4.64. The van der Waals surface area contributed by atoms with Crippen molar-refractivity contribution in [3.05, 3.63) is 28.5 Å². The molecule has 1 aromatic carbocycles. The average molecular weight is 209 g/mol. The van der Waals surface area contributed by atoms with Crippen molar-refractivity contribution >= 4 is 21.6 Å². The summed E-state index contributed by atoms with van der Waals surface area (Å²) in [5.74, 6) is 0.159. The molecule has 0 radical (unpaired) electrons. The van der Waals surface area contributed by atoms with Gasteiger partial charge in [-0.1, -0.05) is 13.8 Å². The van der Waals surface area contributed by atoms with Gasteiger partial charge in [0.05, 0.1) is 9.71 Å². The van der Waals surface area contributed by atoms with Gasteiger partial charge in [0.2, 0.25) is 0 Å². The minimum Gasteiger partial charge on any atom is -0.238 e. The quantitative estimate of drug-likeness (QED) is 0.694. The van der Waals surface area contributed by atoms with E-state index in [2.05, 4.69) is 18.8 Å². The molecular formula is C11H12FNS. The smallest absolute Gasteiger partial charge is 0.150 e. The number of aromatic nitrogens is 1. The SMILES string of the molecule is Cc1nc2c(F)cc(C(C)C)cc2s1. The van der Waals surface area contributed by atoms with Crippen LogP contribution in [0, 0.1) is 12.7 Å². The van der Waals surface area contributed by atoms with Gasteiger partial charge in [-0.05, 0) is 30.5 Å². The van der Waals surface area contributed by atoms with Crippen LogP contribution in [0.5, 0.6) is 0 Å². The van der Waals surface area contributed by atoms with Gasteiger partial charge in [0, 0.05) is 0 Å². The van der Waals surface area contributed by atoms with Crippen LogP contribution >= 0.6 is 11.3 Å². The highest BCUT2D eigenvalue weighted by molar-refractivity contribution is 7.18. The molecule has 0 aliphatic heterocycles. The molecule has 0 saturated carbocycles. The molecule has 14 heavy (non-hydrogen) atoms. The number of fused-ring (bicyclic) bond motifs is 1. The molecule has 0 fully saturated rings. The molecule has 0 spiro atoms. The van der Waals surface area contributed by atoms with Gasteiger partial charge in [-0.15, -0.1) is 11.3 Å². The van der Waals surface area contributed by atoms with Crippen LogP contribution in [-0.4, -0.2) is 4.98 Å². The van der Waals surface area contributed by atoms with Gasteiger partial charge in [0.1, 0.15) is 5.52 Å². The molecule has 2 aromatic rings. The van der Waals surface area contributed by atoms with Crippen molar-refractivity contribution in [2.24, 2.45) is 0 Å². The zero-order valence-electron chi connectivity index (χ0n) is 8.47. The van der Waals surface area contributed by atoms with E-state index in [9.17, 15) is 4.39 Å². The van der Waals surface area contributed by atoms with E-state index in [1.807, 2.05) is 13.0 Å². The van der Waals surface area contributed by atoms with Gasteiger partial charge in [0.15, 0.2) is 5.82 Å². The Labute approximate surface area is 86.6 Å². The van der Waals surface area contributed by atoms with Crippen LogP contribution in [0.1, 0.15) is 30.3 Å². The standard InChI is InChI=1S/C11H12FNS/c1-6(2)8-4-9(12)11-10(5-8)14-7(3)13-11/h4-6H,1-3H3. The number of aryl methyl sites for hydroxylation is 1. The molecule has 1 heterocycles. The van der Waals surface area contributed by atoms with Crippen LogP contribution in [0.4, 0.5) is 4.39 Å². The van der Waals surface area contributed by atoms with Gasteiger partial charge >= 0.3 is 0 Å². The Morgan fingerprint density at radius 2 is 2.07 bits per heavy atom. The molecule has 0 aliphatic carbocycles. The van der Waals surface area contributed by atoms with E-state index >= 15 is 0 Å². The number of hydrogen-bond donors (Lipinski definition) is 0. The highest BCUT2D eigenvalue weighted by atomic mass is 32.1. The summed E-state index contributed by atoms with van der Waals surface area (Å²) in [7, 11) is 0. The predicted octanol–water partition coefficient (Wildman–Crippen LogP) is 3.87. The Balaban J connectivity index is 2.71. The van der Waals surface area contributed by atoms with Crippen LogP contribution in [-0.2, 0) is 0 Å². The molecule has 0 aliphatic rings. The fourth-order valence-electron chi connectivity index (χ4n) is 1.45. The lowest BCUT2D eigenvalue weighted by Crippen LogP contribution is -1.89. The zero-order valence-corrected chi connectivity index (χ0v) is 9.28. The highest BCUT2D eigenvalue weighted by Crippen LogP contribution is 2.28. The van der Waals surface area contributed by atoms with E-state index in [0.29, 0.717) is 11.4 Å². The van der Waals surface area contributed by atoms with Crippen molar-refractivity contribution in [3.63, 3.8) is 0 Å². The molecule has 0 unspecified atom stereocenters. The Morgan fingerprint density at radius 1 is 1.36 bits per heavy atom. The Bertz CT molecular complexity index is 473. The number of rotatable bonds is 1. The van der Waals surface area contributed by atoms with Crippen LogP contribution in [0.15, 0.2) is 12.1 Å². The number of halogens is 1. The Kier molecular flexibility index (Phi) is 2.27. The largest absolute Gasteiger partial charge is 0.238 e. The molecule has 0 N–H and O–H groups in total. The summed E-state index contributed by atoms with van der Waals surface area (Å²) in [5.41, 5.74) is 1.55. The highest BCUT2D eigenvalue weighted by Gasteiger charge is 2.09. The maximum Gasteiger partial charge on any atom is 0.150 e. The summed E-state index contributed by atoms with van der Waals surface area (Å²) < 4.78 is 14.5. The molecule has 0 atom stereocenters. The third-order valence-corrected chi connectivity index (χ3v) is 3.16. The van der Waals surface area contributed by atoms with Gasteiger partial charge < -0.3 is 0 Å². The maximum atomic E-state index is 13.6. The van der Waals surface area contributed by atoms with Gasteiger partial charge in [-0.3, -0.25) is 0 Å². The van der Waals surface area contributed by atoms with E-state index in [-0.39, 0.29) is 5.82 Å². The van der Waals surface area contributed by atoms with Crippen molar-refractivity contribution in [3.8, 4) is 0 Å². The number of benzene rings is 1. The molecule has 2 rings (SSSR count). The second kappa shape index (κ2) is 3.31. The summed E-state index contributed by atoms with van der Waals surface area (Å²) >= 11 is 1.55. The topological polar surface area (TPSA) is 12.9 Å². The minimum atomic E-state index is -0.199. The summed E-state index contributed by atoms with van der Waals surface area (Å²) in [5, 5.41) is 0.916. The molecule has 0 saturated heterocycles. The molecule has 0 amide bonds. The lowest BCUT2D eigenvalue weighted by Gasteiger charge is -2.04. The van der Waals surface area contributed by atoms with Crippen molar-refractivity contribution in [1.29, 1.82) is 0 Å². The normalized spacial score (nSPS) is 11.5. The molecular weight excluding hydrogens is 197 g/mol. The molecule has 74 valence electrons.